The topological polar surface area (TPSA) is 64.4 Å². The number of imide groups is 1. The van der Waals surface area contributed by atoms with Crippen LogP contribution >= 0.6 is 0 Å². The fraction of sp³-hybridized carbons (Fsp3) is 0.682. The number of hydrogen-bond donors (Lipinski definition) is 0. The van der Waals surface area contributed by atoms with Gasteiger partial charge < -0.3 is 9.30 Å². The van der Waals surface area contributed by atoms with E-state index >= 15 is 0 Å². The largest absolute Gasteiger partial charge is 0.443 e. The molecule has 6 heteroatoms. The molecule has 28 heavy (non-hydrogen) atoms. The van der Waals surface area contributed by atoms with Gasteiger partial charge in [0, 0.05) is 24.4 Å². The summed E-state index contributed by atoms with van der Waals surface area (Å²) in [6, 6.07) is 0.495. The molecule has 6 nitrogen and oxygen atoms in total. The number of carbonyl (C=O) groups excluding carboxylic acids is 2. The second-order valence-electron chi connectivity index (χ2n) is 9.53. The van der Waals surface area contributed by atoms with Gasteiger partial charge in [-0.2, -0.15) is 0 Å². The van der Waals surface area contributed by atoms with E-state index in [1.54, 1.807) is 20.8 Å². The maximum atomic E-state index is 12.9. The Hall–Kier alpha value is -2.11. The quantitative estimate of drug-likeness (QED) is 0.682. The van der Waals surface area contributed by atoms with E-state index < -0.39 is 11.7 Å². The van der Waals surface area contributed by atoms with Gasteiger partial charge in [0.2, 0.25) is 0 Å². The van der Waals surface area contributed by atoms with Gasteiger partial charge >= 0.3 is 6.09 Å². The van der Waals surface area contributed by atoms with Crippen molar-refractivity contribution in [1.29, 1.82) is 0 Å². The Labute approximate surface area is 167 Å². The van der Waals surface area contributed by atoms with E-state index in [2.05, 4.69) is 16.5 Å². The molecule has 1 atom stereocenters. The van der Waals surface area contributed by atoms with E-state index in [1.165, 1.54) is 30.6 Å². The Balaban J connectivity index is 1.74. The van der Waals surface area contributed by atoms with Gasteiger partial charge in [0.1, 0.15) is 5.60 Å². The predicted octanol–water partition coefficient (Wildman–Crippen LogP) is 4.82. The Morgan fingerprint density at radius 2 is 1.86 bits per heavy atom. The fourth-order valence-electron chi connectivity index (χ4n) is 4.04. The Morgan fingerprint density at radius 3 is 2.50 bits per heavy atom. The van der Waals surface area contributed by atoms with Crippen LogP contribution in [0, 0.1) is 11.8 Å². The first-order valence-electron chi connectivity index (χ1n) is 10.4. The molecule has 0 N–H and O–H groups in total. The van der Waals surface area contributed by atoms with Gasteiger partial charge in [-0.15, -0.1) is 0 Å². The molecular weight excluding hydrogens is 354 g/mol. The van der Waals surface area contributed by atoms with E-state index in [1.807, 2.05) is 25.5 Å². The van der Waals surface area contributed by atoms with Crippen LogP contribution in [0.2, 0.25) is 0 Å². The predicted molar refractivity (Wildman–Crippen MR) is 109 cm³/mol. The van der Waals surface area contributed by atoms with Crippen molar-refractivity contribution >= 4 is 18.1 Å². The highest BCUT2D eigenvalue weighted by Crippen LogP contribution is 2.32. The SMILES string of the molecule is C[C@@H]1C/C(=C\c2cn([C@H]3CC[C@H](C)CC3)cn2)C(=O)N(C(=O)OC(C)(C)C)C1. The average molecular weight is 388 g/mol. The number of imidazole rings is 1. The highest BCUT2D eigenvalue weighted by molar-refractivity contribution is 6.05. The molecule has 2 fully saturated rings. The number of amides is 2. The van der Waals surface area contributed by atoms with E-state index in [0.717, 1.165) is 11.6 Å². The molecule has 1 aliphatic heterocycles. The molecule has 154 valence electrons. The zero-order valence-corrected chi connectivity index (χ0v) is 17.8. The zero-order valence-electron chi connectivity index (χ0n) is 17.8. The number of ether oxygens (including phenoxy) is 1. The number of piperidine rings is 1. The Kier molecular flexibility index (Phi) is 5.96. The van der Waals surface area contributed by atoms with Crippen molar-refractivity contribution in [3.05, 3.63) is 23.8 Å². The summed E-state index contributed by atoms with van der Waals surface area (Å²) in [5.41, 5.74) is 0.769. The fourth-order valence-corrected chi connectivity index (χ4v) is 4.04. The van der Waals surface area contributed by atoms with Crippen LogP contribution in [0.25, 0.3) is 6.08 Å². The Morgan fingerprint density at radius 1 is 1.18 bits per heavy atom. The van der Waals surface area contributed by atoms with Crippen molar-refractivity contribution in [3.63, 3.8) is 0 Å². The van der Waals surface area contributed by atoms with Crippen molar-refractivity contribution in [2.24, 2.45) is 11.8 Å². The van der Waals surface area contributed by atoms with Crippen molar-refractivity contribution < 1.29 is 14.3 Å². The molecule has 0 spiro atoms. The number of likely N-dealkylation sites (tertiary alicyclic amines) is 1. The molecule has 1 aromatic heterocycles. The molecular formula is C22H33N3O3. The highest BCUT2D eigenvalue weighted by Gasteiger charge is 2.34. The minimum Gasteiger partial charge on any atom is -0.443 e. The van der Waals surface area contributed by atoms with Crippen LogP contribution < -0.4 is 0 Å². The van der Waals surface area contributed by atoms with Crippen molar-refractivity contribution in [3.8, 4) is 0 Å². The Bertz CT molecular complexity index is 751. The van der Waals surface area contributed by atoms with Crippen molar-refractivity contribution in [1.82, 2.24) is 14.5 Å². The summed E-state index contributed by atoms with van der Waals surface area (Å²) in [5, 5.41) is 0. The van der Waals surface area contributed by atoms with E-state index in [-0.39, 0.29) is 11.8 Å². The second kappa shape index (κ2) is 8.10. The van der Waals surface area contributed by atoms with Crippen LogP contribution in [-0.4, -0.2) is 38.6 Å². The van der Waals surface area contributed by atoms with Crippen LogP contribution in [0.1, 0.15) is 78.5 Å². The summed E-state index contributed by atoms with van der Waals surface area (Å²) in [6.45, 7) is 10.2. The lowest BCUT2D eigenvalue weighted by Gasteiger charge is -2.32. The maximum absolute atomic E-state index is 12.9. The summed E-state index contributed by atoms with van der Waals surface area (Å²) < 4.78 is 7.59. The van der Waals surface area contributed by atoms with Gasteiger partial charge in [-0.1, -0.05) is 13.8 Å². The molecule has 0 radical (unpaired) electrons. The number of hydrogen-bond acceptors (Lipinski definition) is 4. The van der Waals surface area contributed by atoms with Gasteiger partial charge in [-0.3, -0.25) is 4.79 Å². The average Bonchev–Trinajstić information content (AvgIpc) is 3.05. The lowest BCUT2D eigenvalue weighted by atomic mass is 9.87. The molecule has 2 aliphatic rings. The van der Waals surface area contributed by atoms with Crippen LogP contribution in [0.4, 0.5) is 4.79 Å². The van der Waals surface area contributed by atoms with Gasteiger partial charge in [0.25, 0.3) is 5.91 Å². The molecule has 1 aliphatic carbocycles. The maximum Gasteiger partial charge on any atom is 0.417 e. The van der Waals surface area contributed by atoms with Gasteiger partial charge in [-0.25, -0.2) is 14.7 Å². The molecule has 1 aromatic rings. The summed E-state index contributed by atoms with van der Waals surface area (Å²) in [5.74, 6) is 0.730. The zero-order chi connectivity index (χ0) is 20.5. The first-order valence-corrected chi connectivity index (χ1v) is 10.4. The smallest absolute Gasteiger partial charge is 0.417 e. The molecule has 0 bridgehead atoms. The monoisotopic (exact) mass is 387 g/mol. The lowest BCUT2D eigenvalue weighted by molar-refractivity contribution is -0.128. The summed E-state index contributed by atoms with van der Waals surface area (Å²) in [6.07, 6.45) is 10.7. The highest BCUT2D eigenvalue weighted by atomic mass is 16.6. The van der Waals surface area contributed by atoms with Crippen molar-refractivity contribution in [2.75, 3.05) is 6.54 Å². The number of rotatable bonds is 2. The molecule has 0 unspecified atom stereocenters. The van der Waals surface area contributed by atoms with Crippen molar-refractivity contribution in [2.45, 2.75) is 78.4 Å². The number of carbonyl (C=O) groups is 2. The van der Waals surface area contributed by atoms with E-state index in [0.29, 0.717) is 24.6 Å². The minimum absolute atomic E-state index is 0.193. The molecule has 3 rings (SSSR count). The summed E-state index contributed by atoms with van der Waals surface area (Å²) in [4.78, 5) is 31.0. The van der Waals surface area contributed by atoms with E-state index in [4.69, 9.17) is 4.74 Å². The van der Waals surface area contributed by atoms with Crippen LogP contribution in [0.15, 0.2) is 18.1 Å². The standard InChI is InChI=1S/C22H33N3O3/c1-15-6-8-19(9-7-15)24-13-18(23-14-24)11-17-10-16(2)12-25(20(17)26)21(27)28-22(3,4)5/h11,13-16,19H,6-10,12H2,1-5H3/b17-11+/t15-,16-,19-/m1/s1. The first-order chi connectivity index (χ1) is 13.1. The van der Waals surface area contributed by atoms with Gasteiger partial charge in [-0.05, 0) is 70.8 Å². The molecule has 2 heterocycles. The lowest BCUT2D eigenvalue weighted by Crippen LogP contribution is -2.46. The number of nitrogens with zero attached hydrogens (tertiary/aromatic N) is 3. The molecule has 0 aromatic carbocycles. The van der Waals surface area contributed by atoms with Crippen LogP contribution in [0.3, 0.4) is 0 Å². The third-order valence-corrected chi connectivity index (χ3v) is 5.55. The molecule has 1 saturated heterocycles. The first kappa shape index (κ1) is 20.6. The minimum atomic E-state index is -0.627. The third kappa shape index (κ3) is 5.03. The molecule has 2 amide bonds. The van der Waals surface area contributed by atoms with Crippen LogP contribution in [-0.2, 0) is 9.53 Å². The van der Waals surface area contributed by atoms with Gasteiger partial charge in [0.15, 0.2) is 0 Å². The summed E-state index contributed by atoms with van der Waals surface area (Å²) in [7, 11) is 0. The second-order valence-corrected chi connectivity index (χ2v) is 9.53. The van der Waals surface area contributed by atoms with Crippen LogP contribution in [0.5, 0.6) is 0 Å². The summed E-state index contributed by atoms with van der Waals surface area (Å²) >= 11 is 0. The third-order valence-electron chi connectivity index (χ3n) is 5.55. The van der Waals surface area contributed by atoms with E-state index in [9.17, 15) is 9.59 Å². The van der Waals surface area contributed by atoms with Gasteiger partial charge in [0.05, 0.1) is 12.0 Å². The normalized spacial score (nSPS) is 27.9. The number of aromatic nitrogens is 2. The molecule has 1 saturated carbocycles.